The summed E-state index contributed by atoms with van der Waals surface area (Å²) >= 11 is 0. The van der Waals surface area contributed by atoms with Crippen LogP contribution in [-0.4, -0.2) is 53.1 Å². The van der Waals surface area contributed by atoms with Gasteiger partial charge in [-0.25, -0.2) is 4.39 Å². The van der Waals surface area contributed by atoms with Crippen LogP contribution in [0.5, 0.6) is 0 Å². The monoisotopic (exact) mass is 262 g/mol. The largest absolute Gasteiger partial charge is 0.433 e. The topological polar surface area (TPSA) is 76.0 Å². The van der Waals surface area contributed by atoms with E-state index in [1.807, 2.05) is 0 Å². The molecule has 100 valence electrons. The lowest BCUT2D eigenvalue weighted by Crippen LogP contribution is -2.61. The standard InChI is InChI=1S/C8H10F4O5/c1-2(13)16-7-3(9)4(14)5(15)6(17-7)8(10,11)12/h3-7,14-15H,1H3/t3-,4-,5-,6+,7+/m1/s1. The average Bonchev–Trinajstić information content (AvgIpc) is 2.16. The summed E-state index contributed by atoms with van der Waals surface area (Å²) in [4.78, 5) is 10.5. The molecule has 2 N–H and O–H groups in total. The molecular weight excluding hydrogens is 252 g/mol. The number of aliphatic hydroxyl groups excluding tert-OH is 2. The number of hydrogen-bond donors (Lipinski definition) is 2. The van der Waals surface area contributed by atoms with E-state index in [2.05, 4.69) is 9.47 Å². The zero-order valence-electron chi connectivity index (χ0n) is 8.52. The van der Waals surface area contributed by atoms with Crippen LogP contribution in [0.25, 0.3) is 0 Å². The van der Waals surface area contributed by atoms with Crippen molar-refractivity contribution in [3.8, 4) is 0 Å². The molecule has 1 rings (SSSR count). The number of ether oxygens (including phenoxy) is 2. The summed E-state index contributed by atoms with van der Waals surface area (Å²) < 4.78 is 58.5. The van der Waals surface area contributed by atoms with Gasteiger partial charge in [-0.1, -0.05) is 0 Å². The van der Waals surface area contributed by atoms with Gasteiger partial charge < -0.3 is 19.7 Å². The number of aliphatic hydroxyl groups is 2. The molecule has 0 bridgehead atoms. The smallest absolute Gasteiger partial charge is 0.417 e. The minimum atomic E-state index is -5.01. The Hall–Kier alpha value is -0.930. The van der Waals surface area contributed by atoms with Gasteiger partial charge in [0.1, 0.15) is 12.2 Å². The average molecular weight is 262 g/mol. The van der Waals surface area contributed by atoms with Crippen molar-refractivity contribution in [3.63, 3.8) is 0 Å². The molecule has 0 aromatic rings. The Bertz CT molecular complexity index is 294. The van der Waals surface area contributed by atoms with E-state index in [0.29, 0.717) is 0 Å². The molecule has 1 aliphatic heterocycles. The molecule has 1 heterocycles. The number of hydrogen-bond acceptors (Lipinski definition) is 5. The normalized spacial score (nSPS) is 38.9. The number of carbonyl (C=O) groups excluding carboxylic acids is 1. The molecule has 0 aliphatic carbocycles. The second-order valence-electron chi connectivity index (χ2n) is 3.50. The molecule has 0 aromatic heterocycles. The van der Waals surface area contributed by atoms with Crippen LogP contribution in [0.1, 0.15) is 6.92 Å². The van der Waals surface area contributed by atoms with Gasteiger partial charge >= 0.3 is 12.1 Å². The van der Waals surface area contributed by atoms with Crippen molar-refractivity contribution in [2.24, 2.45) is 0 Å². The van der Waals surface area contributed by atoms with E-state index >= 15 is 0 Å². The number of alkyl halides is 4. The van der Waals surface area contributed by atoms with Crippen LogP contribution < -0.4 is 0 Å². The summed E-state index contributed by atoms with van der Waals surface area (Å²) in [6, 6.07) is 0. The van der Waals surface area contributed by atoms with E-state index in [9.17, 15) is 22.4 Å². The van der Waals surface area contributed by atoms with Gasteiger partial charge in [-0.15, -0.1) is 0 Å². The fraction of sp³-hybridized carbons (Fsp3) is 0.875. The number of esters is 1. The highest BCUT2D eigenvalue weighted by Crippen LogP contribution is 2.34. The maximum atomic E-state index is 13.2. The third kappa shape index (κ3) is 3.05. The van der Waals surface area contributed by atoms with Gasteiger partial charge in [0, 0.05) is 6.92 Å². The fourth-order valence-corrected chi connectivity index (χ4v) is 1.36. The molecule has 5 nitrogen and oxygen atoms in total. The van der Waals surface area contributed by atoms with Crippen molar-refractivity contribution in [1.82, 2.24) is 0 Å². The molecule has 9 heteroatoms. The van der Waals surface area contributed by atoms with Crippen molar-refractivity contribution < 1.29 is 42.0 Å². The summed E-state index contributed by atoms with van der Waals surface area (Å²) in [6.45, 7) is 0.843. The Morgan fingerprint density at radius 2 is 1.82 bits per heavy atom. The molecule has 1 fully saturated rings. The van der Waals surface area contributed by atoms with Gasteiger partial charge in [0.05, 0.1) is 0 Å². The van der Waals surface area contributed by atoms with Crippen LogP contribution in [0.3, 0.4) is 0 Å². The first kappa shape index (κ1) is 14.1. The van der Waals surface area contributed by atoms with Crippen molar-refractivity contribution in [2.75, 3.05) is 0 Å². The van der Waals surface area contributed by atoms with Crippen molar-refractivity contribution in [1.29, 1.82) is 0 Å². The minimum absolute atomic E-state index is 0.843. The summed E-state index contributed by atoms with van der Waals surface area (Å²) in [5.41, 5.74) is 0. The van der Waals surface area contributed by atoms with Gasteiger partial charge in [0.25, 0.3) is 0 Å². The maximum Gasteiger partial charge on any atom is 0.417 e. The zero-order valence-corrected chi connectivity index (χ0v) is 8.52. The molecule has 0 radical (unpaired) electrons. The lowest BCUT2D eigenvalue weighted by Gasteiger charge is -2.39. The Kier molecular flexibility index (Phi) is 3.95. The second-order valence-corrected chi connectivity index (χ2v) is 3.50. The van der Waals surface area contributed by atoms with E-state index in [1.54, 1.807) is 0 Å². The van der Waals surface area contributed by atoms with Crippen molar-refractivity contribution in [2.45, 2.75) is 43.9 Å². The van der Waals surface area contributed by atoms with Crippen LogP contribution in [0.4, 0.5) is 17.6 Å². The second kappa shape index (κ2) is 4.75. The van der Waals surface area contributed by atoms with Crippen LogP contribution in [-0.2, 0) is 14.3 Å². The van der Waals surface area contributed by atoms with Gasteiger partial charge in [0.2, 0.25) is 6.29 Å². The lowest BCUT2D eigenvalue weighted by molar-refractivity contribution is -0.338. The zero-order chi connectivity index (χ0) is 13.4. The Morgan fingerprint density at radius 1 is 1.29 bits per heavy atom. The molecule has 0 amide bonds. The first-order valence-electron chi connectivity index (χ1n) is 4.54. The SMILES string of the molecule is CC(=O)O[C@H]1O[C@H](C(F)(F)F)[C@H](O)[C@H](O)[C@H]1F. The molecule has 0 saturated carbocycles. The highest BCUT2D eigenvalue weighted by Gasteiger charge is 2.56. The number of carbonyl (C=O) groups is 1. The summed E-state index contributed by atoms with van der Waals surface area (Å²) in [7, 11) is 0. The first-order valence-corrected chi connectivity index (χ1v) is 4.54. The van der Waals surface area contributed by atoms with E-state index < -0.39 is 42.9 Å². The van der Waals surface area contributed by atoms with Gasteiger partial charge in [-0.3, -0.25) is 4.79 Å². The Morgan fingerprint density at radius 3 is 2.24 bits per heavy atom. The molecule has 5 atom stereocenters. The van der Waals surface area contributed by atoms with Gasteiger partial charge in [0.15, 0.2) is 12.3 Å². The quantitative estimate of drug-likeness (QED) is 0.509. The first-order chi connectivity index (χ1) is 7.64. The summed E-state index contributed by atoms with van der Waals surface area (Å²) in [5.74, 6) is -1.07. The van der Waals surface area contributed by atoms with Crippen LogP contribution in [0, 0.1) is 0 Å². The molecule has 0 aromatic carbocycles. The molecule has 1 aliphatic rings. The Labute approximate surface area is 92.9 Å². The minimum Gasteiger partial charge on any atom is -0.433 e. The number of rotatable bonds is 1. The lowest BCUT2D eigenvalue weighted by atomic mass is 9.99. The number of halogens is 4. The molecule has 17 heavy (non-hydrogen) atoms. The van der Waals surface area contributed by atoms with E-state index in [1.165, 1.54) is 0 Å². The molecule has 0 spiro atoms. The Balaban J connectivity index is 2.86. The predicted octanol–water partition coefficient (Wildman–Crippen LogP) is -0.103. The predicted molar refractivity (Wildman–Crippen MR) is 43.4 cm³/mol. The van der Waals surface area contributed by atoms with Gasteiger partial charge in [-0.05, 0) is 0 Å². The van der Waals surface area contributed by atoms with Crippen LogP contribution in [0.2, 0.25) is 0 Å². The van der Waals surface area contributed by atoms with E-state index in [0.717, 1.165) is 6.92 Å². The molecular formula is C8H10F4O5. The third-order valence-electron chi connectivity index (χ3n) is 2.13. The van der Waals surface area contributed by atoms with Crippen molar-refractivity contribution in [3.05, 3.63) is 0 Å². The van der Waals surface area contributed by atoms with Crippen LogP contribution >= 0.6 is 0 Å². The summed E-state index contributed by atoms with van der Waals surface area (Å²) in [6.07, 6.45) is -17.3. The van der Waals surface area contributed by atoms with Gasteiger partial charge in [-0.2, -0.15) is 13.2 Å². The highest BCUT2D eigenvalue weighted by atomic mass is 19.4. The maximum absolute atomic E-state index is 13.2. The fourth-order valence-electron chi connectivity index (χ4n) is 1.36. The van der Waals surface area contributed by atoms with Crippen molar-refractivity contribution >= 4 is 5.97 Å². The van der Waals surface area contributed by atoms with E-state index in [-0.39, 0.29) is 0 Å². The molecule has 1 saturated heterocycles. The van der Waals surface area contributed by atoms with E-state index in [4.69, 9.17) is 10.2 Å². The third-order valence-corrected chi connectivity index (χ3v) is 2.13. The highest BCUT2D eigenvalue weighted by molar-refractivity contribution is 5.66. The molecule has 0 unspecified atom stereocenters. The van der Waals surface area contributed by atoms with Crippen LogP contribution in [0.15, 0.2) is 0 Å². The summed E-state index contributed by atoms with van der Waals surface area (Å²) in [5, 5.41) is 18.1.